The molecule has 0 spiro atoms. The van der Waals surface area contributed by atoms with Gasteiger partial charge in [0.1, 0.15) is 6.10 Å². The first kappa shape index (κ1) is 18.8. The van der Waals surface area contributed by atoms with Gasteiger partial charge >= 0.3 is 0 Å². The molecular formula is C32H24O. The zero-order valence-corrected chi connectivity index (χ0v) is 18.5. The van der Waals surface area contributed by atoms with Gasteiger partial charge in [-0.05, 0) is 49.7 Å². The van der Waals surface area contributed by atoms with Crippen molar-refractivity contribution < 1.29 is 4.74 Å². The molecule has 0 N–H and O–H groups in total. The number of methoxy groups -OCH3 is 1. The van der Waals surface area contributed by atoms with E-state index in [2.05, 4.69) is 115 Å². The Kier molecular flexibility index (Phi) is 3.95. The van der Waals surface area contributed by atoms with Gasteiger partial charge in [-0.25, -0.2) is 0 Å². The lowest BCUT2D eigenvalue weighted by Crippen LogP contribution is -2.47. The molecule has 1 nitrogen and oxygen atoms in total. The van der Waals surface area contributed by atoms with E-state index in [0.29, 0.717) is 0 Å². The van der Waals surface area contributed by atoms with E-state index in [4.69, 9.17) is 4.74 Å². The summed E-state index contributed by atoms with van der Waals surface area (Å²) in [4.78, 5) is 0. The molecule has 0 saturated carbocycles. The zero-order valence-electron chi connectivity index (χ0n) is 18.5. The quantitative estimate of drug-likeness (QED) is 0.294. The molecule has 0 fully saturated rings. The van der Waals surface area contributed by atoms with Crippen LogP contribution in [-0.4, -0.2) is 7.11 Å². The number of fused-ring (bicyclic) bond motifs is 1. The van der Waals surface area contributed by atoms with Gasteiger partial charge in [0.05, 0.1) is 5.41 Å². The minimum Gasteiger partial charge on any atom is -0.375 e. The molecule has 158 valence electrons. The van der Waals surface area contributed by atoms with Crippen molar-refractivity contribution in [3.05, 3.63) is 154 Å². The second-order valence-corrected chi connectivity index (χ2v) is 9.19. The molecule has 0 heterocycles. The van der Waals surface area contributed by atoms with Crippen LogP contribution in [0.1, 0.15) is 51.0 Å². The van der Waals surface area contributed by atoms with Gasteiger partial charge in [0.15, 0.2) is 0 Å². The fourth-order valence-corrected chi connectivity index (χ4v) is 6.70. The fraction of sp³-hybridized carbons (Fsp3) is 0.125. The number of ether oxygens (including phenoxy) is 1. The van der Waals surface area contributed by atoms with Crippen LogP contribution in [0.25, 0.3) is 10.8 Å². The standard InChI is InChI=1S/C32H24O/c1-33-31(23-17-10-12-21-11-2-3-13-22(21)23)32-27-18-7-4-14-24(27)30(25-15-5-8-19-28(25)32)26-16-6-9-20-29(26)32/h2-20,30-31H,1H3. The van der Waals surface area contributed by atoms with E-state index in [9.17, 15) is 0 Å². The van der Waals surface area contributed by atoms with Gasteiger partial charge < -0.3 is 4.74 Å². The van der Waals surface area contributed by atoms with Crippen LogP contribution in [0.4, 0.5) is 0 Å². The van der Waals surface area contributed by atoms with Crippen LogP contribution in [0.5, 0.6) is 0 Å². The molecule has 1 atom stereocenters. The largest absolute Gasteiger partial charge is 0.375 e. The van der Waals surface area contributed by atoms with Crippen LogP contribution < -0.4 is 0 Å². The van der Waals surface area contributed by atoms with Crippen molar-refractivity contribution in [2.24, 2.45) is 0 Å². The average molecular weight is 425 g/mol. The highest BCUT2D eigenvalue weighted by atomic mass is 16.5. The highest BCUT2D eigenvalue weighted by molar-refractivity contribution is 5.87. The van der Waals surface area contributed by atoms with Crippen molar-refractivity contribution in [3.8, 4) is 0 Å². The first-order valence-corrected chi connectivity index (χ1v) is 11.6. The maximum absolute atomic E-state index is 6.57. The summed E-state index contributed by atoms with van der Waals surface area (Å²) in [5.74, 6) is 0.264. The van der Waals surface area contributed by atoms with E-state index in [1.165, 1.54) is 49.7 Å². The van der Waals surface area contributed by atoms with Crippen molar-refractivity contribution >= 4 is 10.8 Å². The maximum Gasteiger partial charge on any atom is 0.100 e. The molecule has 5 aromatic carbocycles. The topological polar surface area (TPSA) is 9.23 Å². The Hall–Kier alpha value is -3.68. The third-order valence-electron chi connectivity index (χ3n) is 7.82. The Morgan fingerprint density at radius 2 is 1.06 bits per heavy atom. The normalized spacial score (nSPS) is 20.7. The predicted molar refractivity (Wildman–Crippen MR) is 134 cm³/mol. The molecule has 0 aliphatic heterocycles. The summed E-state index contributed by atoms with van der Waals surface area (Å²) in [6, 6.07) is 42.3. The monoisotopic (exact) mass is 424 g/mol. The maximum atomic E-state index is 6.57. The predicted octanol–water partition coefficient (Wildman–Crippen LogP) is 7.37. The van der Waals surface area contributed by atoms with Gasteiger partial charge in [0, 0.05) is 13.0 Å². The lowest BCUT2D eigenvalue weighted by molar-refractivity contribution is 0.0588. The summed E-state index contributed by atoms with van der Waals surface area (Å²) < 4.78 is 6.57. The van der Waals surface area contributed by atoms with Crippen molar-refractivity contribution in [1.82, 2.24) is 0 Å². The van der Waals surface area contributed by atoms with Crippen LogP contribution >= 0.6 is 0 Å². The second-order valence-electron chi connectivity index (χ2n) is 9.19. The lowest BCUT2D eigenvalue weighted by Gasteiger charge is -2.53. The first-order chi connectivity index (χ1) is 16.4. The molecule has 0 amide bonds. The van der Waals surface area contributed by atoms with E-state index < -0.39 is 5.41 Å². The number of hydrogen-bond donors (Lipinski definition) is 0. The second kappa shape index (κ2) is 6.91. The zero-order chi connectivity index (χ0) is 22.0. The van der Waals surface area contributed by atoms with Crippen LogP contribution in [0.2, 0.25) is 0 Å². The number of rotatable bonds is 3. The van der Waals surface area contributed by atoms with Crippen molar-refractivity contribution in [2.75, 3.05) is 7.11 Å². The summed E-state index contributed by atoms with van der Waals surface area (Å²) in [5.41, 5.74) is 9.12. The molecule has 1 unspecified atom stereocenters. The molecule has 33 heavy (non-hydrogen) atoms. The fourth-order valence-electron chi connectivity index (χ4n) is 6.70. The molecule has 8 rings (SSSR count). The van der Waals surface area contributed by atoms with E-state index in [0.717, 1.165) is 0 Å². The van der Waals surface area contributed by atoms with Crippen molar-refractivity contribution in [2.45, 2.75) is 17.4 Å². The summed E-state index contributed by atoms with van der Waals surface area (Å²) in [6.45, 7) is 0. The molecule has 0 saturated heterocycles. The minimum atomic E-state index is -0.419. The molecule has 3 aliphatic rings. The molecule has 0 aromatic heterocycles. The molecule has 2 bridgehead atoms. The number of hydrogen-bond acceptors (Lipinski definition) is 1. The van der Waals surface area contributed by atoms with Gasteiger partial charge in [-0.15, -0.1) is 0 Å². The minimum absolute atomic E-state index is 0.173. The summed E-state index contributed by atoms with van der Waals surface area (Å²) in [6.07, 6.45) is -0.173. The van der Waals surface area contributed by atoms with Crippen LogP contribution in [0.15, 0.2) is 115 Å². The van der Waals surface area contributed by atoms with Crippen molar-refractivity contribution in [3.63, 3.8) is 0 Å². The molecule has 0 radical (unpaired) electrons. The molecule has 1 heteroatoms. The Bertz CT molecular complexity index is 1410. The van der Waals surface area contributed by atoms with Crippen LogP contribution in [-0.2, 0) is 10.2 Å². The van der Waals surface area contributed by atoms with E-state index in [1.54, 1.807) is 0 Å². The van der Waals surface area contributed by atoms with Gasteiger partial charge in [0.25, 0.3) is 0 Å². The summed E-state index contributed by atoms with van der Waals surface area (Å²) in [7, 11) is 1.87. The third-order valence-corrected chi connectivity index (χ3v) is 7.82. The van der Waals surface area contributed by atoms with E-state index in [1.807, 2.05) is 7.11 Å². The van der Waals surface area contributed by atoms with Gasteiger partial charge in [-0.3, -0.25) is 0 Å². The lowest BCUT2D eigenvalue weighted by atomic mass is 9.50. The smallest absolute Gasteiger partial charge is 0.100 e. The Balaban J connectivity index is 1.66. The molecule has 5 aromatic rings. The molecular weight excluding hydrogens is 400 g/mol. The Morgan fingerprint density at radius 3 is 1.64 bits per heavy atom. The van der Waals surface area contributed by atoms with Crippen LogP contribution in [0, 0.1) is 0 Å². The van der Waals surface area contributed by atoms with Gasteiger partial charge in [0.2, 0.25) is 0 Å². The van der Waals surface area contributed by atoms with E-state index in [-0.39, 0.29) is 12.0 Å². The summed E-state index contributed by atoms with van der Waals surface area (Å²) in [5, 5.41) is 2.49. The Labute approximate surface area is 194 Å². The van der Waals surface area contributed by atoms with Crippen molar-refractivity contribution in [1.29, 1.82) is 0 Å². The van der Waals surface area contributed by atoms with Crippen LogP contribution in [0.3, 0.4) is 0 Å². The van der Waals surface area contributed by atoms with Gasteiger partial charge in [-0.1, -0.05) is 115 Å². The van der Waals surface area contributed by atoms with E-state index >= 15 is 0 Å². The Morgan fingerprint density at radius 1 is 0.576 bits per heavy atom. The van der Waals surface area contributed by atoms with Gasteiger partial charge in [-0.2, -0.15) is 0 Å². The molecule has 3 aliphatic carbocycles. The first-order valence-electron chi connectivity index (χ1n) is 11.6. The highest BCUT2D eigenvalue weighted by Crippen LogP contribution is 2.64. The summed E-state index contributed by atoms with van der Waals surface area (Å²) >= 11 is 0. The SMILES string of the molecule is COC(c1cccc2ccccc12)C12c3ccccc3C(c3ccccc31)c1ccccc12. The average Bonchev–Trinajstić information content (AvgIpc) is 2.89. The third kappa shape index (κ3) is 2.30. The highest BCUT2D eigenvalue weighted by Gasteiger charge is 2.56. The number of benzene rings is 5.